The van der Waals surface area contributed by atoms with Crippen molar-refractivity contribution in [2.24, 2.45) is 5.92 Å². The molecule has 1 N–H and O–H groups in total. The Morgan fingerprint density at radius 3 is 2.33 bits per heavy atom. The molecule has 0 aromatic heterocycles. The minimum Gasteiger partial charge on any atom is -0.317 e. The summed E-state index contributed by atoms with van der Waals surface area (Å²) in [6.07, 6.45) is 2.84. The van der Waals surface area contributed by atoms with Gasteiger partial charge < -0.3 is 5.32 Å². The lowest BCUT2D eigenvalue weighted by molar-refractivity contribution is -0.122. The largest absolute Gasteiger partial charge is 0.317 e. The summed E-state index contributed by atoms with van der Waals surface area (Å²) in [6, 6.07) is 0.532. The molecular weight excluding hydrogens is 150 g/mol. The first-order chi connectivity index (χ1) is 5.57. The molecular formula is C10H21NO. The summed E-state index contributed by atoms with van der Waals surface area (Å²) in [6.45, 7) is 6.06. The van der Waals surface area contributed by atoms with Gasteiger partial charge in [-0.25, -0.2) is 0 Å². The molecule has 0 aromatic rings. The van der Waals surface area contributed by atoms with Gasteiger partial charge in [0.15, 0.2) is 0 Å². The van der Waals surface area contributed by atoms with Gasteiger partial charge in [0, 0.05) is 18.4 Å². The van der Waals surface area contributed by atoms with Crippen molar-refractivity contribution >= 4 is 5.78 Å². The first-order valence-electron chi connectivity index (χ1n) is 4.78. The lowest BCUT2D eigenvalue weighted by atomic mass is 10.0. The van der Waals surface area contributed by atoms with Crippen LogP contribution in [0, 0.1) is 5.92 Å². The second-order valence-corrected chi connectivity index (χ2v) is 3.70. The number of nitrogens with one attached hydrogen (secondary N) is 1. The fraction of sp³-hybridized carbons (Fsp3) is 0.900. The standard InChI is InChI=1S/C10H21NO/c1-8(2)10(12)7-5-6-9(3)11-4/h8-9,11H,5-7H2,1-4H3. The number of ketones is 1. The summed E-state index contributed by atoms with van der Waals surface area (Å²) in [7, 11) is 1.95. The van der Waals surface area contributed by atoms with E-state index in [-0.39, 0.29) is 5.92 Å². The lowest BCUT2D eigenvalue weighted by Crippen LogP contribution is -2.21. The number of carbonyl (C=O) groups is 1. The van der Waals surface area contributed by atoms with Crippen LogP contribution in [0.3, 0.4) is 0 Å². The molecule has 0 bridgehead atoms. The third-order valence-electron chi connectivity index (χ3n) is 2.20. The van der Waals surface area contributed by atoms with Gasteiger partial charge in [-0.15, -0.1) is 0 Å². The first kappa shape index (κ1) is 11.6. The zero-order chi connectivity index (χ0) is 9.56. The smallest absolute Gasteiger partial charge is 0.135 e. The van der Waals surface area contributed by atoms with Crippen LogP contribution in [0.25, 0.3) is 0 Å². The molecule has 72 valence electrons. The third kappa shape index (κ3) is 5.30. The van der Waals surface area contributed by atoms with E-state index >= 15 is 0 Å². The molecule has 0 fully saturated rings. The van der Waals surface area contributed by atoms with Gasteiger partial charge in [-0.05, 0) is 26.8 Å². The van der Waals surface area contributed by atoms with Gasteiger partial charge in [0.05, 0.1) is 0 Å². The van der Waals surface area contributed by atoms with E-state index in [4.69, 9.17) is 0 Å². The summed E-state index contributed by atoms with van der Waals surface area (Å²) >= 11 is 0. The van der Waals surface area contributed by atoms with Crippen LogP contribution in [0.15, 0.2) is 0 Å². The molecule has 0 rings (SSSR count). The topological polar surface area (TPSA) is 29.1 Å². The number of rotatable bonds is 6. The molecule has 0 aliphatic rings. The summed E-state index contributed by atoms with van der Waals surface area (Å²) in [5, 5.41) is 3.16. The molecule has 0 spiro atoms. The molecule has 1 unspecified atom stereocenters. The normalized spacial score (nSPS) is 13.4. The molecule has 0 saturated heterocycles. The van der Waals surface area contributed by atoms with Crippen LogP contribution in [0.2, 0.25) is 0 Å². The van der Waals surface area contributed by atoms with Gasteiger partial charge in [0.2, 0.25) is 0 Å². The minimum atomic E-state index is 0.204. The summed E-state index contributed by atoms with van der Waals surface area (Å²) in [4.78, 5) is 11.2. The van der Waals surface area contributed by atoms with Crippen molar-refractivity contribution < 1.29 is 4.79 Å². The van der Waals surface area contributed by atoms with Crippen molar-refractivity contribution in [2.45, 2.75) is 46.1 Å². The lowest BCUT2D eigenvalue weighted by Gasteiger charge is -2.09. The highest BCUT2D eigenvalue weighted by atomic mass is 16.1. The second kappa shape index (κ2) is 6.18. The summed E-state index contributed by atoms with van der Waals surface area (Å²) < 4.78 is 0. The average molecular weight is 171 g/mol. The quantitative estimate of drug-likeness (QED) is 0.662. The zero-order valence-corrected chi connectivity index (χ0v) is 8.68. The van der Waals surface area contributed by atoms with Gasteiger partial charge in [0.1, 0.15) is 5.78 Å². The predicted molar refractivity (Wildman–Crippen MR) is 52.2 cm³/mol. The van der Waals surface area contributed by atoms with E-state index in [0.29, 0.717) is 11.8 Å². The molecule has 0 radical (unpaired) electrons. The second-order valence-electron chi connectivity index (χ2n) is 3.70. The first-order valence-corrected chi connectivity index (χ1v) is 4.78. The number of Topliss-reactive ketones (excluding diaryl/α,β-unsaturated/α-hetero) is 1. The maximum atomic E-state index is 11.2. The van der Waals surface area contributed by atoms with Crippen molar-refractivity contribution in [3.8, 4) is 0 Å². The Balaban J connectivity index is 3.37. The van der Waals surface area contributed by atoms with Gasteiger partial charge in [-0.1, -0.05) is 13.8 Å². The highest BCUT2D eigenvalue weighted by Gasteiger charge is 2.07. The zero-order valence-electron chi connectivity index (χ0n) is 8.68. The van der Waals surface area contributed by atoms with Crippen LogP contribution in [0.1, 0.15) is 40.0 Å². The molecule has 0 heterocycles. The van der Waals surface area contributed by atoms with E-state index in [1.54, 1.807) is 0 Å². The molecule has 2 nitrogen and oxygen atoms in total. The maximum Gasteiger partial charge on any atom is 0.135 e. The molecule has 1 atom stereocenters. The van der Waals surface area contributed by atoms with Gasteiger partial charge in [-0.2, -0.15) is 0 Å². The SMILES string of the molecule is CNC(C)CCCC(=O)C(C)C. The maximum absolute atomic E-state index is 11.2. The van der Waals surface area contributed by atoms with E-state index in [1.807, 2.05) is 20.9 Å². The van der Waals surface area contributed by atoms with Crippen LogP contribution in [-0.4, -0.2) is 18.9 Å². The predicted octanol–water partition coefficient (Wildman–Crippen LogP) is 1.99. The third-order valence-corrected chi connectivity index (χ3v) is 2.20. The van der Waals surface area contributed by atoms with Crippen molar-refractivity contribution in [3.05, 3.63) is 0 Å². The van der Waals surface area contributed by atoms with E-state index in [9.17, 15) is 4.79 Å². The Morgan fingerprint density at radius 1 is 1.33 bits per heavy atom. The van der Waals surface area contributed by atoms with Crippen LogP contribution in [-0.2, 0) is 4.79 Å². The Labute approximate surface area is 75.7 Å². The molecule has 0 saturated carbocycles. The fourth-order valence-electron chi connectivity index (χ4n) is 1.02. The average Bonchev–Trinajstić information content (AvgIpc) is 2.03. The molecule has 0 amide bonds. The number of hydrogen-bond acceptors (Lipinski definition) is 2. The molecule has 0 aliphatic heterocycles. The highest BCUT2D eigenvalue weighted by Crippen LogP contribution is 2.05. The molecule has 2 heteroatoms. The molecule has 0 aliphatic carbocycles. The van der Waals surface area contributed by atoms with Gasteiger partial charge in [-0.3, -0.25) is 4.79 Å². The van der Waals surface area contributed by atoms with Crippen LogP contribution in [0.5, 0.6) is 0 Å². The monoisotopic (exact) mass is 171 g/mol. The van der Waals surface area contributed by atoms with E-state index in [2.05, 4.69) is 12.2 Å². The summed E-state index contributed by atoms with van der Waals surface area (Å²) in [5.41, 5.74) is 0. The van der Waals surface area contributed by atoms with E-state index in [1.165, 1.54) is 0 Å². The Hall–Kier alpha value is -0.370. The van der Waals surface area contributed by atoms with Gasteiger partial charge >= 0.3 is 0 Å². The van der Waals surface area contributed by atoms with E-state index < -0.39 is 0 Å². The summed E-state index contributed by atoms with van der Waals surface area (Å²) in [5.74, 6) is 0.591. The van der Waals surface area contributed by atoms with Crippen molar-refractivity contribution in [1.82, 2.24) is 5.32 Å². The Morgan fingerprint density at radius 2 is 1.92 bits per heavy atom. The van der Waals surface area contributed by atoms with Crippen molar-refractivity contribution in [1.29, 1.82) is 0 Å². The van der Waals surface area contributed by atoms with Crippen LogP contribution in [0.4, 0.5) is 0 Å². The Kier molecular flexibility index (Phi) is 5.99. The van der Waals surface area contributed by atoms with Crippen LogP contribution < -0.4 is 5.32 Å². The number of hydrogen-bond donors (Lipinski definition) is 1. The van der Waals surface area contributed by atoms with Crippen molar-refractivity contribution in [2.75, 3.05) is 7.05 Å². The van der Waals surface area contributed by atoms with Gasteiger partial charge in [0.25, 0.3) is 0 Å². The minimum absolute atomic E-state index is 0.204. The highest BCUT2D eigenvalue weighted by molar-refractivity contribution is 5.80. The molecule has 12 heavy (non-hydrogen) atoms. The van der Waals surface area contributed by atoms with Crippen molar-refractivity contribution in [3.63, 3.8) is 0 Å². The van der Waals surface area contributed by atoms with E-state index in [0.717, 1.165) is 19.3 Å². The van der Waals surface area contributed by atoms with Crippen LogP contribution >= 0.6 is 0 Å². The fourth-order valence-corrected chi connectivity index (χ4v) is 1.02. The number of carbonyl (C=O) groups excluding carboxylic acids is 1. The Bertz CT molecular complexity index is 132. The molecule has 0 aromatic carbocycles.